The molecule has 3 heteroatoms. The number of nitrogens with one attached hydrogen (secondary N) is 1. The van der Waals surface area contributed by atoms with Crippen molar-refractivity contribution in [1.82, 2.24) is 5.32 Å². The number of hydrogen-bond acceptors (Lipinski definition) is 2. The number of hydrogen-bond donors (Lipinski definition) is 2. The Morgan fingerprint density at radius 3 is 2.70 bits per heavy atom. The van der Waals surface area contributed by atoms with Crippen molar-refractivity contribution in [3.8, 4) is 0 Å². The van der Waals surface area contributed by atoms with Crippen LogP contribution in [0.4, 0.5) is 4.39 Å². The summed E-state index contributed by atoms with van der Waals surface area (Å²) in [4.78, 5) is 0. The van der Waals surface area contributed by atoms with Crippen molar-refractivity contribution in [3.05, 3.63) is 35.1 Å². The van der Waals surface area contributed by atoms with E-state index in [-0.39, 0.29) is 11.9 Å². The predicted octanol–water partition coefficient (Wildman–Crippen LogP) is 3.49. The van der Waals surface area contributed by atoms with E-state index in [1.807, 2.05) is 6.07 Å². The average Bonchev–Trinajstić information content (AvgIpc) is 2.73. The molecule has 2 aliphatic carbocycles. The molecule has 0 bridgehead atoms. The molecule has 1 atom stereocenters. The summed E-state index contributed by atoms with van der Waals surface area (Å²) in [6.07, 6.45) is 8.23. The van der Waals surface area contributed by atoms with Gasteiger partial charge in [-0.05, 0) is 42.9 Å². The lowest BCUT2D eigenvalue weighted by Crippen LogP contribution is -2.41. The first-order chi connectivity index (χ1) is 9.68. The summed E-state index contributed by atoms with van der Waals surface area (Å²) < 4.78 is 13.7. The minimum absolute atomic E-state index is 0.0834. The van der Waals surface area contributed by atoms with E-state index in [9.17, 15) is 9.50 Å². The maximum atomic E-state index is 13.7. The Hall–Kier alpha value is -0.930. The third-order valence-electron chi connectivity index (χ3n) is 4.93. The highest BCUT2D eigenvalue weighted by Gasteiger charge is 2.31. The molecule has 3 rings (SSSR count). The first kappa shape index (κ1) is 14.0. The van der Waals surface area contributed by atoms with E-state index < -0.39 is 5.60 Å². The molecule has 0 aliphatic heterocycles. The van der Waals surface area contributed by atoms with Crippen molar-refractivity contribution in [2.24, 2.45) is 0 Å². The van der Waals surface area contributed by atoms with Gasteiger partial charge in [-0.15, -0.1) is 0 Å². The average molecular weight is 277 g/mol. The number of rotatable bonds is 3. The van der Waals surface area contributed by atoms with Crippen molar-refractivity contribution in [2.75, 3.05) is 6.54 Å². The zero-order valence-electron chi connectivity index (χ0n) is 12.0. The fourth-order valence-corrected chi connectivity index (χ4v) is 3.70. The number of halogens is 1. The second-order valence-electron chi connectivity index (χ2n) is 6.42. The van der Waals surface area contributed by atoms with Crippen LogP contribution in [0.2, 0.25) is 0 Å². The minimum atomic E-state index is -0.563. The highest BCUT2D eigenvalue weighted by atomic mass is 19.1. The van der Waals surface area contributed by atoms with Gasteiger partial charge < -0.3 is 10.4 Å². The van der Waals surface area contributed by atoms with Gasteiger partial charge in [-0.25, -0.2) is 4.39 Å². The van der Waals surface area contributed by atoms with E-state index >= 15 is 0 Å². The highest BCUT2D eigenvalue weighted by molar-refractivity contribution is 5.35. The van der Waals surface area contributed by atoms with Gasteiger partial charge in [0.25, 0.3) is 0 Å². The summed E-state index contributed by atoms with van der Waals surface area (Å²) in [6.45, 7) is 0.633. The fraction of sp³-hybridized carbons (Fsp3) is 0.647. The smallest absolute Gasteiger partial charge is 0.126 e. The largest absolute Gasteiger partial charge is 0.389 e. The van der Waals surface area contributed by atoms with Gasteiger partial charge in [-0.3, -0.25) is 0 Å². The second kappa shape index (κ2) is 5.82. The Kier molecular flexibility index (Phi) is 4.08. The van der Waals surface area contributed by atoms with Gasteiger partial charge in [0, 0.05) is 12.6 Å². The quantitative estimate of drug-likeness (QED) is 0.829. The van der Waals surface area contributed by atoms with Crippen molar-refractivity contribution < 1.29 is 9.50 Å². The summed E-state index contributed by atoms with van der Waals surface area (Å²) >= 11 is 0. The lowest BCUT2D eigenvalue weighted by atomic mass is 9.94. The van der Waals surface area contributed by atoms with Crippen molar-refractivity contribution in [2.45, 2.75) is 63.0 Å². The van der Waals surface area contributed by atoms with E-state index in [1.165, 1.54) is 12.8 Å². The zero-order chi connectivity index (χ0) is 14.0. The van der Waals surface area contributed by atoms with Gasteiger partial charge in [0.05, 0.1) is 5.60 Å². The van der Waals surface area contributed by atoms with Crippen LogP contribution in [-0.2, 0) is 6.42 Å². The summed E-state index contributed by atoms with van der Waals surface area (Å²) in [5.74, 6) is -0.0834. The fourth-order valence-electron chi connectivity index (χ4n) is 3.70. The van der Waals surface area contributed by atoms with Crippen LogP contribution in [0.5, 0.6) is 0 Å². The number of fused-ring (bicyclic) bond motifs is 1. The summed E-state index contributed by atoms with van der Waals surface area (Å²) in [7, 11) is 0. The van der Waals surface area contributed by atoms with E-state index in [0.29, 0.717) is 6.54 Å². The first-order valence-corrected chi connectivity index (χ1v) is 7.91. The third kappa shape index (κ3) is 2.89. The van der Waals surface area contributed by atoms with Crippen LogP contribution in [0.25, 0.3) is 0 Å². The summed E-state index contributed by atoms with van der Waals surface area (Å²) in [5.41, 5.74) is 1.38. The standard InChI is InChI=1S/C17H24FNO/c18-15-7-5-6-14-13(15)8-9-16(14)19-12-17(20)10-3-1-2-4-11-17/h5-7,16,19-20H,1-4,8-12H2. The van der Waals surface area contributed by atoms with E-state index in [1.54, 1.807) is 12.1 Å². The van der Waals surface area contributed by atoms with Crippen molar-refractivity contribution >= 4 is 0 Å². The Bertz CT molecular complexity index is 466. The third-order valence-corrected chi connectivity index (χ3v) is 4.93. The summed E-state index contributed by atoms with van der Waals surface area (Å²) in [6, 6.07) is 5.54. The molecule has 1 unspecified atom stereocenters. The van der Waals surface area contributed by atoms with Crippen LogP contribution in [0.3, 0.4) is 0 Å². The van der Waals surface area contributed by atoms with E-state index in [4.69, 9.17) is 0 Å². The van der Waals surface area contributed by atoms with Crippen molar-refractivity contribution in [3.63, 3.8) is 0 Å². The molecular formula is C17H24FNO. The maximum absolute atomic E-state index is 13.7. The lowest BCUT2D eigenvalue weighted by Gasteiger charge is -2.29. The van der Waals surface area contributed by atoms with Gasteiger partial charge in [-0.1, -0.05) is 37.8 Å². The monoisotopic (exact) mass is 277 g/mol. The molecule has 0 saturated heterocycles. The molecule has 1 aromatic carbocycles. The molecule has 2 nitrogen and oxygen atoms in total. The van der Waals surface area contributed by atoms with Gasteiger partial charge in [0.15, 0.2) is 0 Å². The predicted molar refractivity (Wildman–Crippen MR) is 78.1 cm³/mol. The van der Waals surface area contributed by atoms with Crippen LogP contribution in [-0.4, -0.2) is 17.3 Å². The number of benzene rings is 1. The molecule has 1 saturated carbocycles. The molecule has 110 valence electrons. The van der Waals surface area contributed by atoms with Crippen LogP contribution in [0, 0.1) is 5.82 Å². The molecule has 0 amide bonds. The topological polar surface area (TPSA) is 32.3 Å². The highest BCUT2D eigenvalue weighted by Crippen LogP contribution is 2.34. The molecule has 0 radical (unpaired) electrons. The van der Waals surface area contributed by atoms with Crippen LogP contribution >= 0.6 is 0 Å². The molecule has 0 spiro atoms. The van der Waals surface area contributed by atoms with Gasteiger partial charge >= 0.3 is 0 Å². The second-order valence-corrected chi connectivity index (χ2v) is 6.42. The first-order valence-electron chi connectivity index (χ1n) is 7.91. The minimum Gasteiger partial charge on any atom is -0.389 e. The van der Waals surface area contributed by atoms with Gasteiger partial charge in [-0.2, -0.15) is 0 Å². The van der Waals surface area contributed by atoms with Crippen LogP contribution in [0.15, 0.2) is 18.2 Å². The molecule has 2 aliphatic rings. The maximum Gasteiger partial charge on any atom is 0.126 e. The number of aliphatic hydroxyl groups is 1. The molecule has 0 heterocycles. The van der Waals surface area contributed by atoms with Crippen LogP contribution < -0.4 is 5.32 Å². The van der Waals surface area contributed by atoms with E-state index in [0.717, 1.165) is 49.7 Å². The summed E-state index contributed by atoms with van der Waals surface area (Å²) in [5, 5.41) is 14.2. The van der Waals surface area contributed by atoms with E-state index in [2.05, 4.69) is 5.32 Å². The molecule has 0 aromatic heterocycles. The van der Waals surface area contributed by atoms with Crippen molar-refractivity contribution in [1.29, 1.82) is 0 Å². The Morgan fingerprint density at radius 2 is 1.95 bits per heavy atom. The lowest BCUT2D eigenvalue weighted by molar-refractivity contribution is 0.0227. The molecule has 20 heavy (non-hydrogen) atoms. The van der Waals surface area contributed by atoms with Gasteiger partial charge in [0.2, 0.25) is 0 Å². The van der Waals surface area contributed by atoms with Crippen LogP contribution in [0.1, 0.15) is 62.1 Å². The normalized spacial score (nSPS) is 25.2. The molecule has 1 aromatic rings. The zero-order valence-corrected chi connectivity index (χ0v) is 12.0. The molecule has 2 N–H and O–H groups in total. The Labute approximate surface area is 120 Å². The Balaban J connectivity index is 1.64. The Morgan fingerprint density at radius 1 is 1.20 bits per heavy atom. The molecular weight excluding hydrogens is 253 g/mol. The molecule has 1 fully saturated rings. The SMILES string of the molecule is OC1(CNC2CCc3c(F)cccc32)CCCCCC1. The van der Waals surface area contributed by atoms with Gasteiger partial charge in [0.1, 0.15) is 5.82 Å².